The molecule has 2 aromatic heterocycles. The van der Waals surface area contributed by atoms with Crippen molar-refractivity contribution in [1.29, 1.82) is 0 Å². The molecule has 0 fully saturated rings. The van der Waals surface area contributed by atoms with Crippen LogP contribution in [0.3, 0.4) is 0 Å². The highest BCUT2D eigenvalue weighted by atomic mass is 19.1. The minimum Gasteiger partial charge on any atom is -0.369 e. The van der Waals surface area contributed by atoms with Gasteiger partial charge in [-0.15, -0.1) is 5.10 Å². The van der Waals surface area contributed by atoms with Crippen LogP contribution in [0.15, 0.2) is 30.5 Å². The molecule has 2 N–H and O–H groups in total. The van der Waals surface area contributed by atoms with E-state index in [9.17, 15) is 9.18 Å². The number of aromatic nitrogens is 3. The summed E-state index contributed by atoms with van der Waals surface area (Å²) in [5, 5.41) is 10.8. The van der Waals surface area contributed by atoms with Crippen LogP contribution < -0.4 is 10.6 Å². The summed E-state index contributed by atoms with van der Waals surface area (Å²) in [6.07, 6.45) is 4.51. The number of nitrogens with one attached hydrogen (secondary N) is 2. The number of hydrogen-bond donors (Lipinski definition) is 2. The number of nitrogens with zero attached hydrogens (tertiary/aromatic N) is 3. The number of halogens is 1. The molecule has 0 radical (unpaired) electrons. The third-order valence-electron chi connectivity index (χ3n) is 4.55. The normalized spacial score (nSPS) is 14.4. The number of hydrogen-bond acceptors (Lipinski definition) is 4. The van der Waals surface area contributed by atoms with Crippen LogP contribution in [0.2, 0.25) is 0 Å². The Labute approximate surface area is 164 Å². The minimum atomic E-state index is -0.460. The van der Waals surface area contributed by atoms with Crippen LogP contribution in [-0.4, -0.2) is 33.6 Å². The van der Waals surface area contributed by atoms with Gasteiger partial charge in [0.05, 0.1) is 11.9 Å². The monoisotopic (exact) mass is 383 g/mol. The first-order chi connectivity index (χ1) is 13.6. The van der Waals surface area contributed by atoms with Gasteiger partial charge < -0.3 is 10.6 Å². The fourth-order valence-electron chi connectivity index (χ4n) is 3.22. The van der Waals surface area contributed by atoms with Crippen LogP contribution in [0, 0.1) is 12.7 Å². The molecule has 0 atom stereocenters. The Morgan fingerprint density at radius 1 is 1.00 bits per heavy atom. The second kappa shape index (κ2) is 8.82. The third-order valence-corrected chi connectivity index (χ3v) is 4.55. The summed E-state index contributed by atoms with van der Waals surface area (Å²) < 4.78 is 15.9. The molecule has 4 bridgehead atoms. The average Bonchev–Trinajstić information content (AvgIpc) is 3.12. The van der Waals surface area contributed by atoms with E-state index in [1.54, 1.807) is 16.8 Å². The smallest absolute Gasteiger partial charge is 0.251 e. The van der Waals surface area contributed by atoms with E-state index in [1.807, 2.05) is 26.8 Å². The molecular weight excluding hydrogens is 357 g/mol. The molecule has 6 nitrogen and oxygen atoms in total. The molecule has 0 saturated carbocycles. The van der Waals surface area contributed by atoms with Crippen molar-refractivity contribution in [1.82, 2.24) is 19.9 Å². The van der Waals surface area contributed by atoms with Crippen molar-refractivity contribution < 1.29 is 9.18 Å². The van der Waals surface area contributed by atoms with Crippen LogP contribution in [-0.2, 0) is 0 Å². The van der Waals surface area contributed by atoms with Crippen LogP contribution >= 0.6 is 0 Å². The number of carbonyl (C=O) groups is 1. The van der Waals surface area contributed by atoms with Crippen LogP contribution in [0.5, 0.6) is 0 Å². The molecule has 4 rings (SSSR count). The number of fused-ring (bicyclic) bond motifs is 4. The van der Waals surface area contributed by atoms with Crippen molar-refractivity contribution in [3.8, 4) is 11.3 Å². The lowest BCUT2D eigenvalue weighted by Gasteiger charge is -2.09. The first-order valence-corrected chi connectivity index (χ1v) is 9.80. The van der Waals surface area contributed by atoms with Crippen molar-refractivity contribution in [2.45, 2.75) is 40.0 Å². The summed E-state index contributed by atoms with van der Waals surface area (Å²) in [6.45, 7) is 7.35. The van der Waals surface area contributed by atoms with Gasteiger partial charge in [0.2, 0.25) is 0 Å². The van der Waals surface area contributed by atoms with Crippen molar-refractivity contribution in [3.05, 3.63) is 47.4 Å². The third kappa shape index (κ3) is 4.13. The van der Waals surface area contributed by atoms with Gasteiger partial charge in [-0.05, 0) is 56.0 Å². The molecule has 28 heavy (non-hydrogen) atoms. The number of imidazole rings is 1. The number of benzene rings is 1. The molecule has 1 aromatic carbocycles. The zero-order valence-corrected chi connectivity index (χ0v) is 16.6. The first kappa shape index (κ1) is 19.8. The van der Waals surface area contributed by atoms with E-state index < -0.39 is 5.82 Å². The molecule has 148 valence electrons. The zero-order chi connectivity index (χ0) is 20.1. The summed E-state index contributed by atoms with van der Waals surface area (Å²) in [6, 6.07) is 6.30. The highest BCUT2D eigenvalue weighted by Gasteiger charge is 2.15. The SMILES string of the molecule is CC.Cc1cc2nn3c(cnc13)-c1cc(F)cc(c1)C(=O)NCCCCCN2. The zero-order valence-electron chi connectivity index (χ0n) is 16.6. The maximum absolute atomic E-state index is 14.2. The second-order valence-electron chi connectivity index (χ2n) is 6.56. The van der Waals surface area contributed by atoms with E-state index in [0.29, 0.717) is 29.0 Å². The lowest BCUT2D eigenvalue weighted by molar-refractivity contribution is 0.0952. The topological polar surface area (TPSA) is 71.3 Å². The van der Waals surface area contributed by atoms with Gasteiger partial charge in [0.1, 0.15) is 11.6 Å². The molecular formula is C21H26FN5O. The summed E-state index contributed by atoms with van der Waals surface area (Å²) >= 11 is 0. The maximum Gasteiger partial charge on any atom is 0.251 e. The Bertz CT molecular complexity index is 982. The van der Waals surface area contributed by atoms with Gasteiger partial charge >= 0.3 is 0 Å². The van der Waals surface area contributed by atoms with Crippen molar-refractivity contribution in [3.63, 3.8) is 0 Å². The molecule has 1 amide bonds. The predicted octanol–water partition coefficient (Wildman–Crippen LogP) is 4.20. The Morgan fingerprint density at radius 3 is 2.50 bits per heavy atom. The standard InChI is InChI=1S/C19H20FN5O.C2H6/c1-12-7-17-21-5-3-2-4-6-22-19(26)14-8-13(9-15(20)10-14)16-11-23-18(12)25(16)24-17;1-2/h7-11H,2-6H2,1H3,(H,21,24)(H,22,26);1-2H3. The summed E-state index contributed by atoms with van der Waals surface area (Å²) in [5.74, 6) is 0.0327. The number of carbonyl (C=O) groups excluding carboxylic acids is 1. The fraction of sp³-hybridized carbons (Fsp3) is 0.381. The number of rotatable bonds is 0. The fourth-order valence-corrected chi connectivity index (χ4v) is 3.22. The Kier molecular flexibility index (Phi) is 6.23. The Hall–Kier alpha value is -2.96. The van der Waals surface area contributed by atoms with E-state index in [-0.39, 0.29) is 5.91 Å². The summed E-state index contributed by atoms with van der Waals surface area (Å²) in [4.78, 5) is 16.8. The molecule has 0 aliphatic carbocycles. The maximum atomic E-state index is 14.2. The van der Waals surface area contributed by atoms with Gasteiger partial charge in [-0.2, -0.15) is 0 Å². The molecule has 1 aliphatic heterocycles. The molecule has 1 aliphatic rings. The van der Waals surface area contributed by atoms with Gasteiger partial charge in [-0.1, -0.05) is 13.8 Å². The van der Waals surface area contributed by atoms with Gasteiger partial charge in [0, 0.05) is 24.2 Å². The highest BCUT2D eigenvalue weighted by molar-refractivity contribution is 5.95. The average molecular weight is 383 g/mol. The van der Waals surface area contributed by atoms with Crippen LogP contribution in [0.25, 0.3) is 16.9 Å². The predicted molar refractivity (Wildman–Crippen MR) is 109 cm³/mol. The van der Waals surface area contributed by atoms with E-state index in [2.05, 4.69) is 20.7 Å². The van der Waals surface area contributed by atoms with Gasteiger partial charge in [-0.25, -0.2) is 13.9 Å². The Balaban J connectivity index is 0.00000109. The van der Waals surface area contributed by atoms with E-state index >= 15 is 0 Å². The summed E-state index contributed by atoms with van der Waals surface area (Å²) in [5.41, 5.74) is 3.21. The molecule has 3 heterocycles. The molecule has 0 saturated heterocycles. The molecule has 0 unspecified atom stereocenters. The largest absolute Gasteiger partial charge is 0.369 e. The highest BCUT2D eigenvalue weighted by Crippen LogP contribution is 2.25. The first-order valence-electron chi connectivity index (χ1n) is 9.80. The number of aryl methyl sites for hydroxylation is 1. The quantitative estimate of drug-likeness (QED) is 0.610. The van der Waals surface area contributed by atoms with Crippen LogP contribution in [0.4, 0.5) is 10.2 Å². The lowest BCUT2D eigenvalue weighted by atomic mass is 10.1. The Morgan fingerprint density at radius 2 is 1.71 bits per heavy atom. The molecule has 0 spiro atoms. The number of amides is 1. The van der Waals surface area contributed by atoms with Crippen LogP contribution in [0.1, 0.15) is 49.0 Å². The van der Waals surface area contributed by atoms with Crippen molar-refractivity contribution in [2.75, 3.05) is 18.4 Å². The second-order valence-corrected chi connectivity index (χ2v) is 6.56. The molecule has 3 aromatic rings. The van der Waals surface area contributed by atoms with Gasteiger partial charge in [0.25, 0.3) is 5.91 Å². The van der Waals surface area contributed by atoms with E-state index in [1.165, 1.54) is 12.1 Å². The van der Waals surface area contributed by atoms with Gasteiger partial charge in [-0.3, -0.25) is 4.79 Å². The molecule has 7 heteroatoms. The lowest BCUT2D eigenvalue weighted by Crippen LogP contribution is -2.24. The van der Waals surface area contributed by atoms with Gasteiger partial charge in [0.15, 0.2) is 5.65 Å². The number of anilines is 1. The van der Waals surface area contributed by atoms with E-state index in [0.717, 1.165) is 37.2 Å². The minimum absolute atomic E-state index is 0.266. The summed E-state index contributed by atoms with van der Waals surface area (Å²) in [7, 11) is 0. The van der Waals surface area contributed by atoms with E-state index in [4.69, 9.17) is 0 Å². The van der Waals surface area contributed by atoms with Crippen molar-refractivity contribution in [2.24, 2.45) is 0 Å². The van der Waals surface area contributed by atoms with Crippen molar-refractivity contribution >= 4 is 17.4 Å².